The van der Waals surface area contributed by atoms with Crippen LogP contribution in [0.2, 0.25) is 0 Å². The minimum absolute atomic E-state index is 0.0773. The minimum Gasteiger partial charge on any atom is -0.462 e. The molecule has 5 unspecified atom stereocenters. The fourth-order valence-electron chi connectivity index (χ4n) is 7.12. The second-order valence-corrected chi connectivity index (χ2v) is 19.8. The summed E-state index contributed by atoms with van der Waals surface area (Å²) in [5.74, 6) is -1.39. The number of allylic oxidation sites excluding steroid dienone is 8. The summed E-state index contributed by atoms with van der Waals surface area (Å²) in [6.45, 7) is 2.77. The molecule has 1 saturated carbocycles. The van der Waals surface area contributed by atoms with Gasteiger partial charge >= 0.3 is 27.6 Å². The lowest BCUT2D eigenvalue weighted by atomic mass is 9.85. The molecule has 10 atom stereocenters. The summed E-state index contributed by atoms with van der Waals surface area (Å²) in [6.07, 6.45) is 24.9. The summed E-state index contributed by atoms with van der Waals surface area (Å²) in [5.41, 5.74) is 0. The second kappa shape index (κ2) is 39.0. The molecule has 0 spiro atoms. The van der Waals surface area contributed by atoms with E-state index in [-0.39, 0.29) is 19.3 Å². The fraction of sp³-hybridized carbons (Fsp3) is 0.714. The largest absolute Gasteiger partial charge is 0.472 e. The van der Waals surface area contributed by atoms with Crippen molar-refractivity contribution >= 4 is 27.6 Å². The van der Waals surface area contributed by atoms with Crippen molar-refractivity contribution in [1.82, 2.24) is 0 Å². The molecule has 0 amide bonds. The second-order valence-electron chi connectivity index (χ2n) is 17.2. The first-order valence-corrected chi connectivity index (χ1v) is 27.7. The maximum atomic E-state index is 13.0. The number of carbonyl (C=O) groups is 2. The highest BCUT2D eigenvalue weighted by atomic mass is 31.2. The zero-order valence-electron chi connectivity index (χ0n) is 40.7. The molecule has 0 saturated heterocycles. The lowest BCUT2D eigenvalue weighted by molar-refractivity contribution is -0.216. The molecule has 9 N–H and O–H groups in total. The Hall–Kier alpha value is -2.64. The number of phosphoric acid groups is 2. The molecule has 1 aliphatic rings. The number of phosphoric ester groups is 2. The van der Waals surface area contributed by atoms with Gasteiger partial charge in [0.1, 0.15) is 43.2 Å². The van der Waals surface area contributed by atoms with Crippen LogP contribution < -0.4 is 0 Å². The third-order valence-electron chi connectivity index (χ3n) is 11.0. The Morgan fingerprint density at radius 2 is 1.10 bits per heavy atom. The summed E-state index contributed by atoms with van der Waals surface area (Å²) in [6, 6.07) is 0. The van der Waals surface area contributed by atoms with Gasteiger partial charge in [0.25, 0.3) is 0 Å². The normalized spacial score (nSPS) is 22.7. The summed E-state index contributed by atoms with van der Waals surface area (Å²) in [4.78, 5) is 54.3. The highest BCUT2D eigenvalue weighted by Crippen LogP contribution is 2.49. The van der Waals surface area contributed by atoms with Crippen LogP contribution in [-0.4, -0.2) is 125 Å². The third-order valence-corrected chi connectivity index (χ3v) is 12.5. The lowest BCUT2D eigenvalue weighted by Crippen LogP contribution is -2.64. The van der Waals surface area contributed by atoms with Crippen molar-refractivity contribution in [1.29, 1.82) is 0 Å². The molecular weight excluding hydrogens is 938 g/mol. The molecule has 0 aliphatic heterocycles. The molecule has 18 nitrogen and oxygen atoms in total. The molecule has 0 bridgehead atoms. The summed E-state index contributed by atoms with van der Waals surface area (Å²) in [5, 5.41) is 61.4. The third kappa shape index (κ3) is 33.6. The monoisotopic (exact) mass is 1020 g/mol. The van der Waals surface area contributed by atoms with Gasteiger partial charge in [-0.25, -0.2) is 9.13 Å². The van der Waals surface area contributed by atoms with E-state index >= 15 is 0 Å². The zero-order valence-corrected chi connectivity index (χ0v) is 42.5. The van der Waals surface area contributed by atoms with Crippen LogP contribution in [-0.2, 0) is 41.8 Å². The van der Waals surface area contributed by atoms with E-state index in [1.54, 1.807) is 36.5 Å². The number of unbranched alkanes of at least 4 members (excludes halogenated alkanes) is 15. The number of aliphatic hydroxyl groups is 6. The molecule has 69 heavy (non-hydrogen) atoms. The van der Waals surface area contributed by atoms with Crippen molar-refractivity contribution in [2.24, 2.45) is 0 Å². The van der Waals surface area contributed by atoms with Gasteiger partial charge in [-0.3, -0.25) is 23.2 Å². The first kappa shape index (κ1) is 64.4. The minimum atomic E-state index is -5.39. The highest BCUT2D eigenvalue weighted by molar-refractivity contribution is 7.47. The van der Waals surface area contributed by atoms with Gasteiger partial charge in [-0.1, -0.05) is 177 Å². The molecule has 1 rings (SSSR count). The fourth-order valence-corrected chi connectivity index (χ4v) is 8.66. The average molecular weight is 1020 g/mol. The maximum Gasteiger partial charge on any atom is 0.472 e. The number of aliphatic hydroxyl groups excluding tert-OH is 6. The molecule has 20 heteroatoms. The van der Waals surface area contributed by atoms with Gasteiger partial charge in [0.2, 0.25) is 0 Å². The van der Waals surface area contributed by atoms with E-state index in [0.29, 0.717) is 25.7 Å². The Morgan fingerprint density at radius 3 is 1.67 bits per heavy atom. The number of esters is 2. The van der Waals surface area contributed by atoms with Crippen molar-refractivity contribution in [3.8, 4) is 0 Å². The molecule has 0 aromatic heterocycles. The van der Waals surface area contributed by atoms with Crippen LogP contribution in [0, 0.1) is 0 Å². The van der Waals surface area contributed by atoms with E-state index in [2.05, 4.69) is 11.4 Å². The SMILES string of the molecule is CC/C=C\C[C@H](O)/C=C/C=C\C/C=C\C=C\[C@H](O)/C=C\CCCC(=O)O[C@H](COC(=O)CCCCCCCCCCCCCCCCC)COP(=O)(O)O[C@H]1C(O)C(O)C(O)[C@@H](OP(=O)(O)O)C1O. The van der Waals surface area contributed by atoms with Gasteiger partial charge in [0.15, 0.2) is 6.10 Å². The number of ether oxygens (including phenoxy) is 2. The van der Waals surface area contributed by atoms with Crippen molar-refractivity contribution in [2.75, 3.05) is 13.2 Å². The Morgan fingerprint density at radius 1 is 0.565 bits per heavy atom. The van der Waals surface area contributed by atoms with Gasteiger partial charge in [-0.2, -0.15) is 0 Å². The first-order chi connectivity index (χ1) is 32.9. The van der Waals surface area contributed by atoms with Crippen molar-refractivity contribution in [3.05, 3.63) is 72.9 Å². The number of rotatable bonds is 40. The summed E-state index contributed by atoms with van der Waals surface area (Å²) >= 11 is 0. The van der Waals surface area contributed by atoms with Crippen molar-refractivity contribution in [3.63, 3.8) is 0 Å². The van der Waals surface area contributed by atoms with Gasteiger partial charge in [-0.05, 0) is 38.5 Å². The van der Waals surface area contributed by atoms with Gasteiger partial charge < -0.3 is 54.8 Å². The number of hydrogen-bond donors (Lipinski definition) is 9. The molecule has 398 valence electrons. The van der Waals surface area contributed by atoms with E-state index in [1.807, 2.05) is 37.3 Å². The van der Waals surface area contributed by atoms with Crippen LogP contribution >= 0.6 is 15.6 Å². The standard InChI is InChI=1S/C49H84O18P2/c1-3-5-7-8-9-10-11-12-13-14-15-16-20-23-29-35-42(52)63-37-41(38-64-69(61,62)67-49-46(56)44(54)45(55)48(47(49)57)66-68(58,59)60)65-43(53)36-30-24-28-34-40(51)33-27-22-19-17-18-21-26-32-39(50)31-25-6-4-2/h6,18-19,21-22,25-28,32-34,39-41,44-51,54-57H,3-5,7-17,20,23-24,29-31,35-38H2,1-2H3,(H,61,62)(H2,58,59,60)/b21-18-,22-19-,25-6-,32-26+,33-27+,34-28-/t39-,40-,41+,44?,45?,46?,47?,48+,49-/m0/s1. The van der Waals surface area contributed by atoms with Crippen molar-refractivity contribution in [2.45, 2.75) is 210 Å². The Kier molecular flexibility index (Phi) is 36.3. The van der Waals surface area contributed by atoms with Gasteiger partial charge in [0.05, 0.1) is 18.8 Å². The predicted molar refractivity (Wildman–Crippen MR) is 262 cm³/mol. The Labute approximate surface area is 409 Å². The van der Waals surface area contributed by atoms with E-state index in [0.717, 1.165) is 32.1 Å². The van der Waals surface area contributed by atoms with Crippen LogP contribution in [0.3, 0.4) is 0 Å². The molecule has 0 heterocycles. The van der Waals surface area contributed by atoms with Crippen LogP contribution in [0.1, 0.15) is 155 Å². The highest BCUT2D eigenvalue weighted by Gasteiger charge is 2.54. The molecule has 0 aromatic rings. The van der Waals surface area contributed by atoms with E-state index in [9.17, 15) is 64.0 Å². The lowest BCUT2D eigenvalue weighted by Gasteiger charge is -2.43. The number of hydrogen-bond acceptors (Lipinski definition) is 15. The van der Waals surface area contributed by atoms with Gasteiger partial charge in [-0.15, -0.1) is 0 Å². The van der Waals surface area contributed by atoms with E-state index in [4.69, 9.17) is 18.5 Å². The van der Waals surface area contributed by atoms with E-state index < -0.39 is 95.7 Å². The van der Waals surface area contributed by atoms with Crippen molar-refractivity contribution < 1.29 is 87.1 Å². The van der Waals surface area contributed by atoms with Crippen LogP contribution in [0.4, 0.5) is 0 Å². The average Bonchev–Trinajstić information content (AvgIpc) is 3.29. The van der Waals surface area contributed by atoms with E-state index in [1.165, 1.54) is 70.3 Å². The Bertz CT molecular complexity index is 1640. The topological polar surface area (TPSA) is 296 Å². The first-order valence-electron chi connectivity index (χ1n) is 24.7. The smallest absolute Gasteiger partial charge is 0.462 e. The predicted octanol–water partition coefficient (Wildman–Crippen LogP) is 7.56. The molecule has 1 aliphatic carbocycles. The number of carbonyl (C=O) groups excluding carboxylic acids is 2. The Balaban J connectivity index is 2.68. The molecule has 1 fully saturated rings. The molecule has 0 aromatic carbocycles. The van der Waals surface area contributed by atoms with Crippen LogP contribution in [0.25, 0.3) is 0 Å². The molecular formula is C49H84O18P2. The molecule has 0 radical (unpaired) electrons. The van der Waals surface area contributed by atoms with Gasteiger partial charge in [0, 0.05) is 12.8 Å². The quantitative estimate of drug-likeness (QED) is 0.00940. The van der Waals surface area contributed by atoms with Crippen LogP contribution in [0.15, 0.2) is 72.9 Å². The maximum absolute atomic E-state index is 13.0. The van der Waals surface area contributed by atoms with Crippen LogP contribution in [0.5, 0.6) is 0 Å². The summed E-state index contributed by atoms with van der Waals surface area (Å²) in [7, 11) is -10.8. The summed E-state index contributed by atoms with van der Waals surface area (Å²) < 4.78 is 49.3. The zero-order chi connectivity index (χ0) is 51.3.